The van der Waals surface area contributed by atoms with E-state index in [-0.39, 0.29) is 19.1 Å². The fourth-order valence-electron chi connectivity index (χ4n) is 2.28. The molecule has 0 fully saturated rings. The number of benzene rings is 1. The standard InChI is InChI=1S/C16H16N4O2S/c17-7-12(11-3-1-10(9-21)2-4-11)15(22)20-16-19-13-5-6-18-8-14(13)23-16/h1-6,8,12,21H,7,9,17H2,(H,19,20,22). The van der Waals surface area contributed by atoms with Gasteiger partial charge in [-0.15, -0.1) is 0 Å². The second-order valence-electron chi connectivity index (χ2n) is 5.04. The molecular weight excluding hydrogens is 312 g/mol. The first-order valence-electron chi connectivity index (χ1n) is 7.12. The van der Waals surface area contributed by atoms with E-state index in [9.17, 15) is 4.79 Å². The highest BCUT2D eigenvalue weighted by Gasteiger charge is 2.20. The number of thiazole rings is 1. The van der Waals surface area contributed by atoms with Crippen LogP contribution in [0.2, 0.25) is 0 Å². The molecule has 118 valence electrons. The number of fused-ring (bicyclic) bond motifs is 1. The predicted octanol–water partition coefficient (Wildman–Crippen LogP) is 1.86. The van der Waals surface area contributed by atoms with Gasteiger partial charge in [-0.2, -0.15) is 0 Å². The van der Waals surface area contributed by atoms with Crippen molar-refractivity contribution in [2.24, 2.45) is 5.73 Å². The first-order chi connectivity index (χ1) is 11.2. The monoisotopic (exact) mass is 328 g/mol. The molecule has 7 heteroatoms. The van der Waals surface area contributed by atoms with Gasteiger partial charge in [-0.1, -0.05) is 35.6 Å². The van der Waals surface area contributed by atoms with Crippen molar-refractivity contribution in [3.63, 3.8) is 0 Å². The molecular formula is C16H16N4O2S. The molecule has 0 spiro atoms. The van der Waals surface area contributed by atoms with Crippen LogP contribution < -0.4 is 11.1 Å². The van der Waals surface area contributed by atoms with Crippen molar-refractivity contribution in [2.45, 2.75) is 12.5 Å². The Kier molecular flexibility index (Phi) is 4.61. The number of hydrogen-bond acceptors (Lipinski definition) is 6. The fourth-order valence-corrected chi connectivity index (χ4v) is 3.11. The molecule has 0 aliphatic carbocycles. The average molecular weight is 328 g/mol. The van der Waals surface area contributed by atoms with Crippen LogP contribution in [0.3, 0.4) is 0 Å². The van der Waals surface area contributed by atoms with Crippen LogP contribution in [0.25, 0.3) is 10.2 Å². The number of pyridine rings is 1. The summed E-state index contributed by atoms with van der Waals surface area (Å²) < 4.78 is 0.916. The van der Waals surface area contributed by atoms with Crippen LogP contribution >= 0.6 is 11.3 Å². The first kappa shape index (κ1) is 15.5. The number of anilines is 1. The van der Waals surface area contributed by atoms with Gasteiger partial charge in [-0.3, -0.25) is 9.78 Å². The summed E-state index contributed by atoms with van der Waals surface area (Å²) in [5, 5.41) is 12.4. The Morgan fingerprint density at radius 2 is 2.09 bits per heavy atom. The zero-order valence-corrected chi connectivity index (χ0v) is 13.1. The zero-order valence-electron chi connectivity index (χ0n) is 12.3. The van der Waals surface area contributed by atoms with Gasteiger partial charge in [0.2, 0.25) is 5.91 Å². The number of nitrogens with two attached hydrogens (primary N) is 1. The van der Waals surface area contributed by atoms with Crippen molar-refractivity contribution in [2.75, 3.05) is 11.9 Å². The van der Waals surface area contributed by atoms with Gasteiger partial charge in [0.1, 0.15) is 0 Å². The highest BCUT2D eigenvalue weighted by atomic mass is 32.1. The van der Waals surface area contributed by atoms with Crippen LogP contribution in [-0.4, -0.2) is 27.5 Å². The lowest BCUT2D eigenvalue weighted by Gasteiger charge is -2.14. The van der Waals surface area contributed by atoms with Crippen molar-refractivity contribution in [1.29, 1.82) is 0 Å². The van der Waals surface area contributed by atoms with Gasteiger partial charge in [-0.05, 0) is 17.2 Å². The maximum atomic E-state index is 12.5. The van der Waals surface area contributed by atoms with Gasteiger partial charge in [0, 0.05) is 18.9 Å². The molecule has 1 aromatic carbocycles. The summed E-state index contributed by atoms with van der Waals surface area (Å²) in [6.45, 7) is 0.163. The van der Waals surface area contributed by atoms with Gasteiger partial charge in [0.25, 0.3) is 0 Å². The normalized spacial score (nSPS) is 12.3. The van der Waals surface area contributed by atoms with Crippen LogP contribution in [0.5, 0.6) is 0 Å². The molecule has 4 N–H and O–H groups in total. The Bertz CT molecular complexity index is 783. The van der Waals surface area contributed by atoms with Crippen molar-refractivity contribution in [1.82, 2.24) is 9.97 Å². The van der Waals surface area contributed by atoms with E-state index in [2.05, 4.69) is 15.3 Å². The topological polar surface area (TPSA) is 101 Å². The Morgan fingerprint density at radius 3 is 2.74 bits per heavy atom. The lowest BCUT2D eigenvalue weighted by Crippen LogP contribution is -2.27. The van der Waals surface area contributed by atoms with E-state index in [1.165, 1.54) is 11.3 Å². The van der Waals surface area contributed by atoms with E-state index in [1.807, 2.05) is 12.1 Å². The molecule has 0 bridgehead atoms. The minimum absolute atomic E-state index is 0.0283. The molecule has 2 aromatic heterocycles. The molecule has 1 unspecified atom stereocenters. The smallest absolute Gasteiger partial charge is 0.234 e. The number of amides is 1. The SMILES string of the molecule is NCC(C(=O)Nc1nc2ccncc2s1)c1ccc(CO)cc1. The predicted molar refractivity (Wildman–Crippen MR) is 90.2 cm³/mol. The minimum atomic E-state index is -0.465. The van der Waals surface area contributed by atoms with Crippen LogP contribution in [0, 0.1) is 0 Å². The van der Waals surface area contributed by atoms with Crippen molar-refractivity contribution < 1.29 is 9.90 Å². The van der Waals surface area contributed by atoms with Gasteiger partial charge in [0.05, 0.1) is 22.7 Å². The summed E-state index contributed by atoms with van der Waals surface area (Å²) in [7, 11) is 0. The number of aliphatic hydroxyl groups excluding tert-OH is 1. The molecule has 23 heavy (non-hydrogen) atoms. The summed E-state index contributed by atoms with van der Waals surface area (Å²) in [4.78, 5) is 20.9. The Hall–Kier alpha value is -2.35. The van der Waals surface area contributed by atoms with Crippen molar-refractivity contribution in [3.8, 4) is 0 Å². The van der Waals surface area contributed by atoms with E-state index >= 15 is 0 Å². The van der Waals surface area contributed by atoms with E-state index in [1.54, 1.807) is 30.6 Å². The maximum absolute atomic E-state index is 12.5. The number of carbonyl (C=O) groups excluding carboxylic acids is 1. The van der Waals surface area contributed by atoms with E-state index < -0.39 is 5.92 Å². The highest BCUT2D eigenvalue weighted by Crippen LogP contribution is 2.26. The number of nitrogens with zero attached hydrogens (tertiary/aromatic N) is 2. The first-order valence-corrected chi connectivity index (χ1v) is 7.94. The Balaban J connectivity index is 1.78. The number of nitrogens with one attached hydrogen (secondary N) is 1. The number of aromatic nitrogens is 2. The largest absolute Gasteiger partial charge is 0.392 e. The third-order valence-electron chi connectivity index (χ3n) is 3.54. The molecule has 1 amide bonds. The number of aliphatic hydroxyl groups is 1. The molecule has 0 saturated heterocycles. The van der Waals surface area contributed by atoms with Crippen LogP contribution in [0.4, 0.5) is 5.13 Å². The Morgan fingerprint density at radius 1 is 1.30 bits per heavy atom. The maximum Gasteiger partial charge on any atom is 0.234 e. The summed E-state index contributed by atoms with van der Waals surface area (Å²) in [6.07, 6.45) is 3.38. The summed E-state index contributed by atoms with van der Waals surface area (Å²) >= 11 is 1.38. The number of hydrogen-bond donors (Lipinski definition) is 3. The van der Waals surface area contributed by atoms with E-state index in [0.717, 1.165) is 21.3 Å². The zero-order chi connectivity index (χ0) is 16.2. The van der Waals surface area contributed by atoms with E-state index in [0.29, 0.717) is 5.13 Å². The summed E-state index contributed by atoms with van der Waals surface area (Å²) in [6, 6.07) is 8.99. The van der Waals surface area contributed by atoms with Gasteiger partial charge in [-0.25, -0.2) is 4.98 Å². The van der Waals surface area contributed by atoms with Gasteiger partial charge >= 0.3 is 0 Å². The third kappa shape index (κ3) is 3.37. The lowest BCUT2D eigenvalue weighted by molar-refractivity contribution is -0.117. The van der Waals surface area contributed by atoms with Crippen molar-refractivity contribution >= 4 is 32.6 Å². The van der Waals surface area contributed by atoms with Crippen molar-refractivity contribution in [3.05, 3.63) is 53.9 Å². The summed E-state index contributed by atoms with van der Waals surface area (Å²) in [5.41, 5.74) is 8.18. The molecule has 6 nitrogen and oxygen atoms in total. The second kappa shape index (κ2) is 6.82. The minimum Gasteiger partial charge on any atom is -0.392 e. The fraction of sp³-hybridized carbons (Fsp3) is 0.188. The molecule has 0 aliphatic rings. The highest BCUT2D eigenvalue weighted by molar-refractivity contribution is 7.22. The van der Waals surface area contributed by atoms with Crippen LogP contribution in [-0.2, 0) is 11.4 Å². The molecule has 0 aliphatic heterocycles. The summed E-state index contributed by atoms with van der Waals surface area (Å²) in [5.74, 6) is -0.663. The average Bonchev–Trinajstić information content (AvgIpc) is 2.98. The molecule has 3 aromatic rings. The second-order valence-corrected chi connectivity index (χ2v) is 6.07. The van der Waals surface area contributed by atoms with E-state index in [4.69, 9.17) is 10.8 Å². The molecule has 2 heterocycles. The molecule has 0 saturated carbocycles. The number of rotatable bonds is 5. The third-order valence-corrected chi connectivity index (χ3v) is 4.46. The molecule has 0 radical (unpaired) electrons. The van der Waals surface area contributed by atoms with Gasteiger partial charge in [0.15, 0.2) is 5.13 Å². The molecule has 1 atom stereocenters. The van der Waals surface area contributed by atoms with Crippen LogP contribution in [0.15, 0.2) is 42.7 Å². The van der Waals surface area contributed by atoms with Gasteiger partial charge < -0.3 is 16.2 Å². The Labute approximate surface area is 137 Å². The lowest BCUT2D eigenvalue weighted by atomic mass is 9.97. The van der Waals surface area contributed by atoms with Crippen LogP contribution in [0.1, 0.15) is 17.0 Å². The quantitative estimate of drug-likeness (QED) is 0.664. The molecule has 3 rings (SSSR count). The number of carbonyl (C=O) groups is 1.